The second kappa shape index (κ2) is 5.67. The maximum atomic E-state index is 5.66. The maximum Gasteiger partial charge on any atom is 0.115 e. The highest BCUT2D eigenvalue weighted by Crippen LogP contribution is 2.24. The minimum Gasteiger partial charge on any atom is -0.389 e. The summed E-state index contributed by atoms with van der Waals surface area (Å²) >= 11 is 6.72. The summed E-state index contributed by atoms with van der Waals surface area (Å²) in [6.45, 7) is 6.18. The first-order chi connectivity index (χ1) is 8.97. The fraction of sp³-hybridized carbons (Fsp3) is 0.286. The number of thiocarbonyl (C=S) groups is 1. The van der Waals surface area contributed by atoms with Crippen molar-refractivity contribution in [2.75, 3.05) is 5.32 Å². The monoisotopic (exact) mass is 291 g/mol. The highest BCUT2D eigenvalue weighted by Gasteiger charge is 2.10. The highest BCUT2D eigenvalue weighted by atomic mass is 32.1. The molecule has 0 amide bonds. The molecule has 0 spiro atoms. The standard InChI is InChI=1S/C14H17N3S2/c1-8-6-11(4-5-12(8)13(15)18)17-10(3)14-16-7-9(2)19-14/h4-7,10,17H,1-3H3,(H2,15,18). The molecule has 1 atom stereocenters. The summed E-state index contributed by atoms with van der Waals surface area (Å²) in [5, 5.41) is 4.53. The van der Waals surface area contributed by atoms with Gasteiger partial charge in [-0.1, -0.05) is 12.2 Å². The molecule has 3 N–H and O–H groups in total. The summed E-state index contributed by atoms with van der Waals surface area (Å²) < 4.78 is 0. The molecule has 3 nitrogen and oxygen atoms in total. The minimum absolute atomic E-state index is 0.189. The average Bonchev–Trinajstić information content (AvgIpc) is 2.75. The van der Waals surface area contributed by atoms with Crippen LogP contribution in [0.5, 0.6) is 0 Å². The van der Waals surface area contributed by atoms with Crippen LogP contribution in [-0.2, 0) is 0 Å². The molecule has 0 saturated carbocycles. The predicted molar refractivity (Wildman–Crippen MR) is 86.0 cm³/mol. The van der Waals surface area contributed by atoms with E-state index in [9.17, 15) is 0 Å². The number of hydrogen-bond donors (Lipinski definition) is 2. The third kappa shape index (κ3) is 3.30. The summed E-state index contributed by atoms with van der Waals surface area (Å²) in [6, 6.07) is 6.21. The van der Waals surface area contributed by atoms with Crippen molar-refractivity contribution in [2.45, 2.75) is 26.8 Å². The first-order valence-electron chi connectivity index (χ1n) is 6.06. The lowest BCUT2D eigenvalue weighted by Gasteiger charge is -2.14. The Morgan fingerprint density at radius 3 is 2.68 bits per heavy atom. The number of nitrogens with zero attached hydrogens (tertiary/aromatic N) is 1. The number of thiazole rings is 1. The molecule has 0 aliphatic carbocycles. The quantitative estimate of drug-likeness (QED) is 0.846. The zero-order valence-electron chi connectivity index (χ0n) is 11.2. The van der Waals surface area contributed by atoms with Gasteiger partial charge in [-0.05, 0) is 44.5 Å². The molecule has 100 valence electrons. The first-order valence-corrected chi connectivity index (χ1v) is 7.29. The largest absolute Gasteiger partial charge is 0.389 e. The fourth-order valence-corrected chi connectivity index (χ4v) is 2.92. The van der Waals surface area contributed by atoms with Gasteiger partial charge in [0.15, 0.2) is 0 Å². The van der Waals surface area contributed by atoms with Gasteiger partial charge < -0.3 is 11.1 Å². The number of anilines is 1. The summed E-state index contributed by atoms with van der Waals surface area (Å²) in [5.74, 6) is 0. The van der Waals surface area contributed by atoms with E-state index in [2.05, 4.69) is 30.2 Å². The SMILES string of the molecule is Cc1cnc(C(C)Nc2ccc(C(N)=S)c(C)c2)s1. The Bertz CT molecular complexity index is 604. The number of benzene rings is 1. The fourth-order valence-electron chi connectivity index (χ4n) is 1.91. The van der Waals surface area contributed by atoms with Crippen molar-refractivity contribution in [3.05, 3.63) is 45.4 Å². The Labute approximate surface area is 122 Å². The number of nitrogens with two attached hydrogens (primary N) is 1. The second-order valence-corrected chi connectivity index (χ2v) is 6.28. The van der Waals surface area contributed by atoms with Crippen LogP contribution in [0.15, 0.2) is 24.4 Å². The summed E-state index contributed by atoms with van der Waals surface area (Å²) in [7, 11) is 0. The van der Waals surface area contributed by atoms with E-state index in [0.29, 0.717) is 4.99 Å². The van der Waals surface area contributed by atoms with Crippen molar-refractivity contribution in [3.8, 4) is 0 Å². The molecule has 0 aliphatic rings. The molecule has 19 heavy (non-hydrogen) atoms. The van der Waals surface area contributed by atoms with Gasteiger partial charge in [-0.2, -0.15) is 0 Å². The zero-order valence-corrected chi connectivity index (χ0v) is 12.9. The van der Waals surface area contributed by atoms with Crippen molar-refractivity contribution in [1.29, 1.82) is 0 Å². The Balaban J connectivity index is 2.15. The van der Waals surface area contributed by atoms with Gasteiger partial charge in [0.25, 0.3) is 0 Å². The normalized spacial score (nSPS) is 12.2. The van der Waals surface area contributed by atoms with Crippen LogP contribution in [0.25, 0.3) is 0 Å². The summed E-state index contributed by atoms with van der Waals surface area (Å²) in [5.41, 5.74) is 8.73. The Hall–Kier alpha value is -1.46. The first kappa shape index (κ1) is 14.0. The Kier molecular flexibility index (Phi) is 4.17. The minimum atomic E-state index is 0.189. The zero-order chi connectivity index (χ0) is 14.0. The van der Waals surface area contributed by atoms with E-state index in [1.54, 1.807) is 11.3 Å². The number of rotatable bonds is 4. The second-order valence-electron chi connectivity index (χ2n) is 4.57. The Morgan fingerprint density at radius 2 is 2.16 bits per heavy atom. The van der Waals surface area contributed by atoms with E-state index >= 15 is 0 Å². The van der Waals surface area contributed by atoms with Gasteiger partial charge in [0.1, 0.15) is 10.00 Å². The van der Waals surface area contributed by atoms with Gasteiger partial charge in [0.05, 0.1) is 6.04 Å². The summed E-state index contributed by atoms with van der Waals surface area (Å²) in [6.07, 6.45) is 1.90. The molecule has 1 heterocycles. The number of hydrogen-bond acceptors (Lipinski definition) is 4. The third-order valence-corrected chi connectivity index (χ3v) is 4.20. The van der Waals surface area contributed by atoms with E-state index < -0.39 is 0 Å². The average molecular weight is 291 g/mol. The molecule has 0 radical (unpaired) electrons. The molecule has 0 saturated heterocycles. The molecule has 0 aliphatic heterocycles. The van der Waals surface area contributed by atoms with Gasteiger partial charge in [-0.15, -0.1) is 11.3 Å². The lowest BCUT2D eigenvalue weighted by atomic mass is 10.1. The third-order valence-electron chi connectivity index (χ3n) is 2.88. The van der Waals surface area contributed by atoms with E-state index in [4.69, 9.17) is 18.0 Å². The van der Waals surface area contributed by atoms with Crippen molar-refractivity contribution < 1.29 is 0 Å². The molecule has 1 unspecified atom stereocenters. The van der Waals surface area contributed by atoms with Crippen LogP contribution in [0.2, 0.25) is 0 Å². The number of aromatic nitrogens is 1. The molecule has 2 rings (SSSR count). The van der Waals surface area contributed by atoms with Crippen LogP contribution in [-0.4, -0.2) is 9.97 Å². The van der Waals surface area contributed by atoms with E-state index in [1.807, 2.05) is 25.3 Å². The molecule has 5 heteroatoms. The van der Waals surface area contributed by atoms with Gasteiger partial charge >= 0.3 is 0 Å². The molecule has 1 aromatic heterocycles. The van der Waals surface area contributed by atoms with Gasteiger partial charge in [0, 0.05) is 22.3 Å². The highest BCUT2D eigenvalue weighted by molar-refractivity contribution is 7.80. The van der Waals surface area contributed by atoms with E-state index in [-0.39, 0.29) is 6.04 Å². The van der Waals surface area contributed by atoms with Crippen LogP contribution in [0.4, 0.5) is 5.69 Å². The van der Waals surface area contributed by atoms with Gasteiger partial charge in [0.2, 0.25) is 0 Å². The lowest BCUT2D eigenvalue weighted by molar-refractivity contribution is 0.869. The maximum absolute atomic E-state index is 5.66. The smallest absolute Gasteiger partial charge is 0.115 e. The summed E-state index contributed by atoms with van der Waals surface area (Å²) in [4.78, 5) is 6.06. The van der Waals surface area contributed by atoms with Crippen LogP contribution in [0.1, 0.15) is 34.0 Å². The molecule has 2 aromatic rings. The van der Waals surface area contributed by atoms with Gasteiger partial charge in [-0.25, -0.2) is 4.98 Å². The van der Waals surface area contributed by atoms with Crippen LogP contribution in [0, 0.1) is 13.8 Å². The molecule has 0 fully saturated rings. The molecular formula is C14H17N3S2. The lowest BCUT2D eigenvalue weighted by Crippen LogP contribution is -2.12. The number of aryl methyl sites for hydroxylation is 2. The van der Waals surface area contributed by atoms with Gasteiger partial charge in [-0.3, -0.25) is 0 Å². The van der Waals surface area contributed by atoms with Crippen molar-refractivity contribution in [3.63, 3.8) is 0 Å². The molecular weight excluding hydrogens is 274 g/mol. The van der Waals surface area contributed by atoms with Crippen LogP contribution >= 0.6 is 23.6 Å². The van der Waals surface area contributed by atoms with E-state index in [0.717, 1.165) is 21.8 Å². The van der Waals surface area contributed by atoms with Crippen molar-refractivity contribution >= 4 is 34.2 Å². The van der Waals surface area contributed by atoms with Crippen LogP contribution in [0.3, 0.4) is 0 Å². The van der Waals surface area contributed by atoms with Crippen LogP contribution < -0.4 is 11.1 Å². The molecule has 1 aromatic carbocycles. The topological polar surface area (TPSA) is 50.9 Å². The predicted octanol–water partition coefficient (Wildman–Crippen LogP) is 3.57. The Morgan fingerprint density at radius 1 is 1.42 bits per heavy atom. The van der Waals surface area contributed by atoms with E-state index in [1.165, 1.54) is 4.88 Å². The number of nitrogens with one attached hydrogen (secondary N) is 1. The van der Waals surface area contributed by atoms with Crippen molar-refractivity contribution in [1.82, 2.24) is 4.98 Å². The molecule has 0 bridgehead atoms. The van der Waals surface area contributed by atoms with Crippen molar-refractivity contribution in [2.24, 2.45) is 5.73 Å².